The lowest BCUT2D eigenvalue weighted by molar-refractivity contribution is 0.0947. The molecule has 2 aromatic rings. The minimum absolute atomic E-state index is 0.158. The Labute approximate surface area is 146 Å². The zero-order chi connectivity index (χ0) is 17.6. The number of amides is 1. The van der Waals surface area contributed by atoms with Gasteiger partial charge in [0.1, 0.15) is 17.8 Å². The minimum atomic E-state index is -0.213. The first-order chi connectivity index (χ1) is 12.2. The molecule has 3 N–H and O–H groups in total. The number of nitrogens with one attached hydrogen (secondary N) is 1. The van der Waals surface area contributed by atoms with Crippen LogP contribution in [0.3, 0.4) is 0 Å². The fourth-order valence-corrected chi connectivity index (χ4v) is 3.02. The Morgan fingerprint density at radius 1 is 1.36 bits per heavy atom. The standard InChI is InChI=1S/C16H23N7O2/c1-25-9-8-23-10-19-22-13(23)6-7-18-15(24)14-11-4-2-3-5-12(11)20-16(17)21-14/h10H,2-9H2,1H3,(H,18,24)(H2,17,20,21). The molecule has 134 valence electrons. The zero-order valence-electron chi connectivity index (χ0n) is 14.4. The van der Waals surface area contributed by atoms with Gasteiger partial charge in [-0.05, 0) is 25.7 Å². The average molecular weight is 345 g/mol. The van der Waals surface area contributed by atoms with E-state index in [-0.39, 0.29) is 11.9 Å². The molecule has 3 rings (SSSR count). The Morgan fingerprint density at radius 3 is 3.04 bits per heavy atom. The number of hydrogen-bond acceptors (Lipinski definition) is 7. The van der Waals surface area contributed by atoms with Gasteiger partial charge in [0.2, 0.25) is 5.95 Å². The molecule has 0 saturated heterocycles. The van der Waals surface area contributed by atoms with Crippen LogP contribution in [-0.4, -0.2) is 50.9 Å². The first-order valence-corrected chi connectivity index (χ1v) is 8.48. The SMILES string of the molecule is COCCn1cnnc1CCNC(=O)c1nc(N)nc2c1CCCC2. The average Bonchev–Trinajstić information content (AvgIpc) is 3.06. The van der Waals surface area contributed by atoms with Gasteiger partial charge in [-0.2, -0.15) is 0 Å². The van der Waals surface area contributed by atoms with E-state index in [1.54, 1.807) is 13.4 Å². The molecular formula is C16H23N7O2. The van der Waals surface area contributed by atoms with E-state index in [1.165, 1.54) is 0 Å². The van der Waals surface area contributed by atoms with Crippen molar-refractivity contribution in [2.75, 3.05) is 26.0 Å². The van der Waals surface area contributed by atoms with E-state index in [2.05, 4.69) is 25.5 Å². The highest BCUT2D eigenvalue weighted by Gasteiger charge is 2.21. The summed E-state index contributed by atoms with van der Waals surface area (Å²) in [5, 5.41) is 10.9. The Kier molecular flexibility index (Phi) is 5.54. The Bertz CT molecular complexity index is 744. The second-order valence-electron chi connectivity index (χ2n) is 6.00. The number of carbonyl (C=O) groups is 1. The van der Waals surface area contributed by atoms with Gasteiger partial charge in [0.15, 0.2) is 0 Å². The number of carbonyl (C=O) groups excluding carboxylic acids is 1. The first-order valence-electron chi connectivity index (χ1n) is 8.48. The largest absolute Gasteiger partial charge is 0.383 e. The predicted octanol–water partition coefficient (Wildman–Crippen LogP) is 0.148. The molecule has 0 saturated carbocycles. The van der Waals surface area contributed by atoms with Crippen LogP contribution in [0.2, 0.25) is 0 Å². The fraction of sp³-hybridized carbons (Fsp3) is 0.562. The van der Waals surface area contributed by atoms with Crippen molar-refractivity contribution >= 4 is 11.9 Å². The number of ether oxygens (including phenoxy) is 1. The number of nitrogen functional groups attached to an aromatic ring is 1. The van der Waals surface area contributed by atoms with Gasteiger partial charge in [-0.1, -0.05) is 0 Å². The van der Waals surface area contributed by atoms with Gasteiger partial charge < -0.3 is 20.4 Å². The number of nitrogens with two attached hydrogens (primary N) is 1. The zero-order valence-corrected chi connectivity index (χ0v) is 14.4. The van der Waals surface area contributed by atoms with Crippen LogP contribution < -0.4 is 11.1 Å². The van der Waals surface area contributed by atoms with Gasteiger partial charge in [0.25, 0.3) is 5.91 Å². The van der Waals surface area contributed by atoms with Crippen molar-refractivity contribution in [3.8, 4) is 0 Å². The molecule has 0 fully saturated rings. The van der Waals surface area contributed by atoms with Crippen LogP contribution in [0.25, 0.3) is 0 Å². The molecule has 0 bridgehead atoms. The van der Waals surface area contributed by atoms with Crippen LogP contribution in [0.15, 0.2) is 6.33 Å². The summed E-state index contributed by atoms with van der Waals surface area (Å²) in [7, 11) is 1.65. The molecular weight excluding hydrogens is 322 g/mol. The van der Waals surface area contributed by atoms with Crippen LogP contribution in [-0.2, 0) is 30.5 Å². The second kappa shape index (κ2) is 8.02. The van der Waals surface area contributed by atoms with Gasteiger partial charge in [-0.3, -0.25) is 4.79 Å². The van der Waals surface area contributed by atoms with Gasteiger partial charge >= 0.3 is 0 Å². The van der Waals surface area contributed by atoms with Crippen LogP contribution in [0.1, 0.15) is 40.4 Å². The summed E-state index contributed by atoms with van der Waals surface area (Å²) in [5.41, 5.74) is 8.00. The highest BCUT2D eigenvalue weighted by Crippen LogP contribution is 2.22. The molecule has 9 nitrogen and oxygen atoms in total. The lowest BCUT2D eigenvalue weighted by atomic mass is 9.94. The molecule has 2 heterocycles. The molecule has 0 radical (unpaired) electrons. The molecule has 25 heavy (non-hydrogen) atoms. The molecule has 1 aliphatic rings. The van der Waals surface area contributed by atoms with Crippen LogP contribution in [0, 0.1) is 0 Å². The van der Waals surface area contributed by atoms with Crippen molar-refractivity contribution in [2.24, 2.45) is 0 Å². The number of fused-ring (bicyclic) bond motifs is 1. The number of anilines is 1. The summed E-state index contributed by atoms with van der Waals surface area (Å²) in [4.78, 5) is 21.0. The van der Waals surface area contributed by atoms with Crippen LogP contribution >= 0.6 is 0 Å². The third-order valence-corrected chi connectivity index (χ3v) is 4.28. The second-order valence-corrected chi connectivity index (χ2v) is 6.00. The monoisotopic (exact) mass is 345 g/mol. The maximum atomic E-state index is 12.5. The lowest BCUT2D eigenvalue weighted by Crippen LogP contribution is -2.30. The van der Waals surface area contributed by atoms with E-state index in [0.717, 1.165) is 42.8 Å². The van der Waals surface area contributed by atoms with Crippen molar-refractivity contribution in [3.05, 3.63) is 29.1 Å². The van der Waals surface area contributed by atoms with E-state index in [4.69, 9.17) is 10.5 Å². The topological polar surface area (TPSA) is 121 Å². The van der Waals surface area contributed by atoms with Crippen LogP contribution in [0.4, 0.5) is 5.95 Å². The quantitative estimate of drug-likeness (QED) is 0.732. The van der Waals surface area contributed by atoms with E-state index in [9.17, 15) is 4.79 Å². The van der Waals surface area contributed by atoms with Gasteiger partial charge in [0.05, 0.1) is 6.61 Å². The Morgan fingerprint density at radius 2 is 2.20 bits per heavy atom. The number of aryl methyl sites for hydroxylation is 1. The molecule has 1 amide bonds. The van der Waals surface area contributed by atoms with Gasteiger partial charge in [-0.15, -0.1) is 10.2 Å². The third kappa shape index (κ3) is 4.11. The Balaban J connectivity index is 1.62. The molecule has 0 unspecified atom stereocenters. The summed E-state index contributed by atoms with van der Waals surface area (Å²) < 4.78 is 6.98. The van der Waals surface area contributed by atoms with Crippen molar-refractivity contribution in [1.82, 2.24) is 30.0 Å². The summed E-state index contributed by atoms with van der Waals surface area (Å²) in [6.07, 6.45) is 6.04. The normalized spacial score (nSPS) is 13.5. The van der Waals surface area contributed by atoms with E-state index >= 15 is 0 Å². The highest BCUT2D eigenvalue weighted by atomic mass is 16.5. The highest BCUT2D eigenvalue weighted by molar-refractivity contribution is 5.94. The molecule has 0 aromatic carbocycles. The predicted molar refractivity (Wildman–Crippen MR) is 91.0 cm³/mol. The van der Waals surface area contributed by atoms with Gasteiger partial charge in [0, 0.05) is 37.9 Å². The summed E-state index contributed by atoms with van der Waals surface area (Å²) in [5.74, 6) is 0.752. The van der Waals surface area contributed by atoms with E-state index in [1.807, 2.05) is 4.57 Å². The molecule has 0 atom stereocenters. The smallest absolute Gasteiger partial charge is 0.270 e. The lowest BCUT2D eigenvalue weighted by Gasteiger charge is -2.17. The van der Waals surface area contributed by atoms with Crippen molar-refractivity contribution < 1.29 is 9.53 Å². The fourth-order valence-electron chi connectivity index (χ4n) is 3.02. The van der Waals surface area contributed by atoms with Crippen molar-refractivity contribution in [1.29, 1.82) is 0 Å². The molecule has 0 aliphatic heterocycles. The van der Waals surface area contributed by atoms with E-state index in [0.29, 0.717) is 31.8 Å². The number of rotatable bonds is 7. The number of nitrogens with zero attached hydrogens (tertiary/aromatic N) is 5. The maximum Gasteiger partial charge on any atom is 0.270 e. The number of aromatic nitrogens is 5. The molecule has 1 aliphatic carbocycles. The molecule has 2 aromatic heterocycles. The number of methoxy groups -OCH3 is 1. The molecule has 9 heteroatoms. The first kappa shape index (κ1) is 17.3. The third-order valence-electron chi connectivity index (χ3n) is 4.28. The summed E-state index contributed by atoms with van der Waals surface area (Å²) in [6, 6.07) is 0. The van der Waals surface area contributed by atoms with Crippen molar-refractivity contribution in [2.45, 2.75) is 38.6 Å². The van der Waals surface area contributed by atoms with Crippen LogP contribution in [0.5, 0.6) is 0 Å². The van der Waals surface area contributed by atoms with E-state index < -0.39 is 0 Å². The number of hydrogen-bond donors (Lipinski definition) is 2. The Hall–Kier alpha value is -2.55. The van der Waals surface area contributed by atoms with Gasteiger partial charge in [-0.25, -0.2) is 9.97 Å². The van der Waals surface area contributed by atoms with Crippen molar-refractivity contribution in [3.63, 3.8) is 0 Å². The molecule has 0 spiro atoms. The maximum absolute atomic E-state index is 12.5. The summed E-state index contributed by atoms with van der Waals surface area (Å²) >= 11 is 0. The summed E-state index contributed by atoms with van der Waals surface area (Å²) in [6.45, 7) is 1.72. The minimum Gasteiger partial charge on any atom is -0.383 e.